The van der Waals surface area contributed by atoms with Crippen molar-refractivity contribution in [1.29, 1.82) is 0 Å². The number of allylic oxidation sites excluding steroid dienone is 4. The zero-order chi connectivity index (χ0) is 23.0. The van der Waals surface area contributed by atoms with Crippen molar-refractivity contribution in [2.75, 3.05) is 44.4 Å². The highest BCUT2D eigenvalue weighted by Gasteiger charge is 2.30. The fraction of sp³-hybridized carbons (Fsp3) is 0.826. The Morgan fingerprint density at radius 2 is 1.45 bits per heavy atom. The van der Waals surface area contributed by atoms with Gasteiger partial charge < -0.3 is 18.0 Å². The average Bonchev–Trinajstić information content (AvgIpc) is 2.76. The number of hydrogen-bond acceptors (Lipinski definition) is 4. The number of rotatable bonds is 23. The Labute approximate surface area is 204 Å². The number of unbranched alkanes of at least 4 members (excludes halogenated alkanes) is 4. The summed E-state index contributed by atoms with van der Waals surface area (Å²) in [5, 5.41) is 0. The van der Waals surface area contributed by atoms with Gasteiger partial charge in [0.05, 0.1) is 6.23 Å². The molecule has 8 heteroatoms. The standard InChI is InChI=1S/C23H46Cl2O4Si2/c1-4-26-23-30(21-14-10-6-8-12-17-24)27-19-16-20-29-31(3,28-5-2)22-15-11-7-9-13-18-25/h8-9,12-13,30H,4-7,10-11,14-23H2,1-3H3. The molecule has 0 aliphatic rings. The molecular formula is C23H46Cl2O4Si2. The molecule has 0 aromatic carbocycles. The van der Waals surface area contributed by atoms with Gasteiger partial charge in [0.15, 0.2) is 0 Å². The van der Waals surface area contributed by atoms with Crippen LogP contribution >= 0.6 is 23.2 Å². The van der Waals surface area contributed by atoms with Gasteiger partial charge in [-0.2, -0.15) is 0 Å². The van der Waals surface area contributed by atoms with Crippen LogP contribution in [0.4, 0.5) is 0 Å². The molecule has 0 aromatic heterocycles. The third-order valence-electron chi connectivity index (χ3n) is 4.92. The lowest BCUT2D eigenvalue weighted by molar-refractivity contribution is 0.153. The van der Waals surface area contributed by atoms with E-state index >= 15 is 0 Å². The molecule has 0 bridgehead atoms. The average molecular weight is 514 g/mol. The number of ether oxygens (including phenoxy) is 1. The van der Waals surface area contributed by atoms with Gasteiger partial charge in [0.2, 0.25) is 9.04 Å². The first-order valence-corrected chi connectivity index (χ1v) is 17.7. The lowest BCUT2D eigenvalue weighted by atomic mass is 10.2. The predicted octanol–water partition coefficient (Wildman–Crippen LogP) is 6.75. The van der Waals surface area contributed by atoms with E-state index < -0.39 is 17.6 Å². The van der Waals surface area contributed by atoms with E-state index in [1.165, 1.54) is 18.9 Å². The SMILES string of the molecule is CCOC[SiH](CCCCC=CCCl)OCCCO[Si](C)(CCCCC=CCCl)OCC. The van der Waals surface area contributed by atoms with E-state index in [0.29, 0.717) is 18.4 Å². The van der Waals surface area contributed by atoms with Gasteiger partial charge in [0.25, 0.3) is 0 Å². The summed E-state index contributed by atoms with van der Waals surface area (Å²) < 4.78 is 24.2. The molecule has 0 amide bonds. The summed E-state index contributed by atoms with van der Waals surface area (Å²) in [6, 6.07) is 2.20. The normalized spacial score (nSPS) is 15.1. The van der Waals surface area contributed by atoms with Crippen LogP contribution in [0.5, 0.6) is 0 Å². The Hall–Kier alpha value is 0.334. The van der Waals surface area contributed by atoms with Crippen molar-refractivity contribution in [3.05, 3.63) is 24.3 Å². The molecule has 0 rings (SSSR count). The molecule has 31 heavy (non-hydrogen) atoms. The second kappa shape index (κ2) is 23.5. The lowest BCUT2D eigenvalue weighted by Crippen LogP contribution is -2.39. The van der Waals surface area contributed by atoms with Crippen LogP contribution in [-0.2, 0) is 18.0 Å². The molecule has 0 aliphatic heterocycles. The zero-order valence-corrected chi connectivity index (χ0v) is 23.8. The Bertz CT molecular complexity index is 442. The minimum atomic E-state index is -2.09. The Morgan fingerprint density at radius 3 is 2.06 bits per heavy atom. The maximum Gasteiger partial charge on any atom is 0.334 e. The minimum absolute atomic E-state index is 0.594. The quantitative estimate of drug-likeness (QED) is 0.0656. The van der Waals surface area contributed by atoms with Crippen molar-refractivity contribution in [3.8, 4) is 0 Å². The molecule has 0 spiro atoms. The van der Waals surface area contributed by atoms with E-state index in [1.54, 1.807) is 0 Å². The van der Waals surface area contributed by atoms with E-state index in [9.17, 15) is 0 Å². The molecule has 0 N–H and O–H groups in total. The second-order valence-corrected chi connectivity index (χ2v) is 14.2. The van der Waals surface area contributed by atoms with Crippen LogP contribution in [0.2, 0.25) is 18.6 Å². The van der Waals surface area contributed by atoms with Gasteiger partial charge in [-0.15, -0.1) is 23.2 Å². The Balaban J connectivity index is 4.11. The number of halogens is 2. The lowest BCUT2D eigenvalue weighted by Gasteiger charge is -2.27. The van der Waals surface area contributed by atoms with Gasteiger partial charge in [0, 0.05) is 38.2 Å². The van der Waals surface area contributed by atoms with E-state index in [2.05, 4.69) is 25.6 Å². The van der Waals surface area contributed by atoms with Crippen LogP contribution in [0, 0.1) is 0 Å². The molecule has 0 saturated carbocycles. The van der Waals surface area contributed by atoms with Crippen LogP contribution in [0.3, 0.4) is 0 Å². The van der Waals surface area contributed by atoms with Crippen LogP contribution in [0.15, 0.2) is 24.3 Å². The summed E-state index contributed by atoms with van der Waals surface area (Å²) >= 11 is 11.3. The smallest absolute Gasteiger partial charge is 0.334 e. The van der Waals surface area contributed by atoms with E-state index in [-0.39, 0.29) is 0 Å². The minimum Gasteiger partial charge on any atom is -0.418 e. The summed E-state index contributed by atoms with van der Waals surface area (Å²) in [5.74, 6) is 1.20. The highest BCUT2D eigenvalue weighted by Crippen LogP contribution is 2.18. The van der Waals surface area contributed by atoms with Gasteiger partial charge in [-0.05, 0) is 58.2 Å². The fourth-order valence-corrected chi connectivity index (χ4v) is 8.13. The maximum atomic E-state index is 6.26. The van der Waals surface area contributed by atoms with Crippen LogP contribution in [-0.4, -0.2) is 62.0 Å². The van der Waals surface area contributed by atoms with Gasteiger partial charge in [-0.3, -0.25) is 0 Å². The van der Waals surface area contributed by atoms with Crippen molar-refractivity contribution >= 4 is 40.8 Å². The molecule has 0 saturated heterocycles. The summed E-state index contributed by atoms with van der Waals surface area (Å²) in [6.45, 7) is 9.24. The topological polar surface area (TPSA) is 36.9 Å². The van der Waals surface area contributed by atoms with Gasteiger partial charge in [-0.25, -0.2) is 0 Å². The van der Waals surface area contributed by atoms with Crippen LogP contribution in [0.25, 0.3) is 0 Å². The molecule has 2 atom stereocenters. The summed E-state index contributed by atoms with van der Waals surface area (Å²) in [6.07, 6.45) is 16.9. The highest BCUT2D eigenvalue weighted by molar-refractivity contribution is 6.66. The fourth-order valence-electron chi connectivity index (χ4n) is 3.26. The third-order valence-corrected chi connectivity index (χ3v) is 10.6. The molecule has 184 valence electrons. The second-order valence-electron chi connectivity index (χ2n) is 7.70. The zero-order valence-electron chi connectivity index (χ0n) is 20.1. The maximum absolute atomic E-state index is 6.26. The number of hydrogen-bond donors (Lipinski definition) is 0. The van der Waals surface area contributed by atoms with Crippen LogP contribution < -0.4 is 0 Å². The van der Waals surface area contributed by atoms with Crippen molar-refractivity contribution < 1.29 is 18.0 Å². The molecule has 2 unspecified atom stereocenters. The van der Waals surface area contributed by atoms with E-state index in [0.717, 1.165) is 64.2 Å². The molecule has 0 radical (unpaired) electrons. The van der Waals surface area contributed by atoms with E-state index in [1.807, 2.05) is 19.1 Å². The Morgan fingerprint density at radius 1 is 0.774 bits per heavy atom. The van der Waals surface area contributed by atoms with Gasteiger partial charge in [-0.1, -0.05) is 43.6 Å². The van der Waals surface area contributed by atoms with Crippen LogP contribution in [0.1, 0.15) is 58.8 Å². The first kappa shape index (κ1) is 31.3. The Kier molecular flexibility index (Phi) is 23.7. The van der Waals surface area contributed by atoms with Crippen molar-refractivity contribution in [1.82, 2.24) is 0 Å². The highest BCUT2D eigenvalue weighted by atomic mass is 35.5. The largest absolute Gasteiger partial charge is 0.418 e. The number of alkyl halides is 2. The molecular weight excluding hydrogens is 467 g/mol. The monoisotopic (exact) mass is 512 g/mol. The third kappa shape index (κ3) is 20.7. The first-order chi connectivity index (χ1) is 15.1. The molecule has 4 nitrogen and oxygen atoms in total. The summed E-state index contributed by atoms with van der Waals surface area (Å²) in [4.78, 5) is 0. The molecule has 0 aromatic rings. The van der Waals surface area contributed by atoms with Gasteiger partial charge >= 0.3 is 8.56 Å². The predicted molar refractivity (Wildman–Crippen MR) is 140 cm³/mol. The van der Waals surface area contributed by atoms with Crippen molar-refractivity contribution in [3.63, 3.8) is 0 Å². The summed E-state index contributed by atoms with van der Waals surface area (Å²) in [7, 11) is -3.39. The first-order valence-electron chi connectivity index (χ1n) is 12.0. The molecule has 0 fully saturated rings. The van der Waals surface area contributed by atoms with Gasteiger partial charge in [0.1, 0.15) is 0 Å². The molecule has 0 heterocycles. The molecule has 0 aliphatic carbocycles. The van der Waals surface area contributed by atoms with E-state index in [4.69, 9.17) is 41.2 Å². The van der Waals surface area contributed by atoms with Crippen molar-refractivity contribution in [2.45, 2.75) is 77.4 Å². The summed E-state index contributed by atoms with van der Waals surface area (Å²) in [5.41, 5.74) is 0. The van der Waals surface area contributed by atoms with Crippen molar-refractivity contribution in [2.24, 2.45) is 0 Å².